The molecule has 0 saturated heterocycles. The van der Waals surface area contributed by atoms with Crippen molar-refractivity contribution >= 4 is 13.8 Å². The average molecular weight is 799 g/mol. The maximum atomic E-state index is 12.7. The van der Waals surface area contributed by atoms with Crippen molar-refractivity contribution in [2.45, 2.75) is 167 Å². The first-order valence-electron chi connectivity index (χ1n) is 21.3. The smallest absolute Gasteiger partial charge is 0.472 e. The number of esters is 1. The molecule has 0 aromatic carbocycles. The minimum absolute atomic E-state index is 0.0314. The third kappa shape index (κ3) is 40.0. The second-order valence-electron chi connectivity index (χ2n) is 15.5. The van der Waals surface area contributed by atoms with Crippen LogP contribution in [-0.2, 0) is 27.9 Å². The standard InChI is InChI=1S/C44H80NO9P/c1-6-8-10-12-14-15-16-17-18-19-20-21-25-29-37-51-39-43(40-53-55(49,50)52-38-36-45(3,4)5)54-44(48)35-30-34-42(47)33-28-24-23-27-32-41(46)31-26-22-13-11-9-7-2/h22-24,26-29,32-33,37,41-43,46-47H,6-21,25,30-31,34-36,38-40H2,1-5H3/p+1/b24-23+,26-22-,32-27+,33-28-,37-29+/t41-,42-,43+/m0/s1. The zero-order valence-electron chi connectivity index (χ0n) is 35.4. The Hall–Kier alpha value is -2.04. The Bertz CT molecular complexity index is 1100. The fraction of sp³-hybridized carbons (Fsp3) is 0.750. The van der Waals surface area contributed by atoms with E-state index in [4.69, 9.17) is 18.5 Å². The molecule has 0 fully saturated rings. The van der Waals surface area contributed by atoms with Crippen molar-refractivity contribution in [1.82, 2.24) is 0 Å². The average Bonchev–Trinajstić information content (AvgIpc) is 3.12. The van der Waals surface area contributed by atoms with Crippen LogP contribution in [0.1, 0.15) is 149 Å². The zero-order valence-corrected chi connectivity index (χ0v) is 36.3. The number of phosphoric ester groups is 1. The Labute approximate surface area is 336 Å². The van der Waals surface area contributed by atoms with Gasteiger partial charge >= 0.3 is 13.8 Å². The van der Waals surface area contributed by atoms with Crippen molar-refractivity contribution in [1.29, 1.82) is 0 Å². The van der Waals surface area contributed by atoms with Gasteiger partial charge in [0.2, 0.25) is 0 Å². The molecule has 55 heavy (non-hydrogen) atoms. The van der Waals surface area contributed by atoms with Crippen LogP contribution in [0.3, 0.4) is 0 Å². The monoisotopic (exact) mass is 799 g/mol. The van der Waals surface area contributed by atoms with Crippen molar-refractivity contribution in [3.8, 4) is 0 Å². The first-order valence-corrected chi connectivity index (χ1v) is 22.8. The van der Waals surface area contributed by atoms with Gasteiger partial charge in [-0.2, -0.15) is 0 Å². The largest absolute Gasteiger partial charge is 0.498 e. The molecule has 0 bridgehead atoms. The molecule has 4 atom stereocenters. The molecule has 10 nitrogen and oxygen atoms in total. The van der Waals surface area contributed by atoms with Crippen LogP contribution in [0.2, 0.25) is 0 Å². The van der Waals surface area contributed by atoms with E-state index in [-0.39, 0.29) is 26.2 Å². The van der Waals surface area contributed by atoms with E-state index in [1.165, 1.54) is 89.9 Å². The number of quaternary nitrogens is 1. The highest BCUT2D eigenvalue weighted by molar-refractivity contribution is 7.47. The van der Waals surface area contributed by atoms with Crippen LogP contribution in [0.4, 0.5) is 0 Å². The molecular formula is C44H81NO9P+. The minimum atomic E-state index is -4.36. The summed E-state index contributed by atoms with van der Waals surface area (Å²) in [5, 5.41) is 20.3. The molecule has 0 aliphatic heterocycles. The third-order valence-electron chi connectivity index (χ3n) is 8.84. The van der Waals surface area contributed by atoms with Gasteiger partial charge in [-0.25, -0.2) is 4.57 Å². The van der Waals surface area contributed by atoms with Crippen LogP contribution in [-0.4, -0.2) is 91.4 Å². The Kier molecular flexibility index (Phi) is 35.0. The number of phosphoric acid groups is 1. The third-order valence-corrected chi connectivity index (χ3v) is 9.82. The zero-order chi connectivity index (χ0) is 40.9. The highest BCUT2D eigenvalue weighted by atomic mass is 31.2. The molecule has 0 radical (unpaired) electrons. The summed E-state index contributed by atoms with van der Waals surface area (Å²) in [6.45, 7) is 4.56. The van der Waals surface area contributed by atoms with Crippen LogP contribution in [0.5, 0.6) is 0 Å². The van der Waals surface area contributed by atoms with Gasteiger partial charge in [-0.3, -0.25) is 13.8 Å². The van der Waals surface area contributed by atoms with E-state index >= 15 is 0 Å². The molecular weight excluding hydrogens is 717 g/mol. The van der Waals surface area contributed by atoms with E-state index in [9.17, 15) is 24.5 Å². The van der Waals surface area contributed by atoms with Crippen LogP contribution in [0, 0.1) is 0 Å². The number of hydrogen-bond acceptors (Lipinski definition) is 8. The van der Waals surface area contributed by atoms with Crippen molar-refractivity contribution in [3.63, 3.8) is 0 Å². The van der Waals surface area contributed by atoms with Gasteiger partial charge in [-0.1, -0.05) is 146 Å². The number of carbonyl (C=O) groups excluding carboxylic acids is 1. The highest BCUT2D eigenvalue weighted by Crippen LogP contribution is 2.43. The number of rotatable bonds is 38. The van der Waals surface area contributed by atoms with E-state index < -0.39 is 32.1 Å². The second kappa shape index (κ2) is 36.3. The molecule has 0 amide bonds. The maximum Gasteiger partial charge on any atom is 0.472 e. The van der Waals surface area contributed by atoms with Gasteiger partial charge in [0.25, 0.3) is 0 Å². The number of nitrogens with zero attached hydrogens (tertiary/aromatic N) is 1. The molecule has 0 rings (SSSR count). The SMILES string of the molecule is CCCCC/C=C\C[C@H](O)/C=C/C=C/C=C\[C@H](O)CCCC(=O)O[C@H](CO/C=C/CCCCCCCCCCCCCC)COP(=O)(O)OCC[N+](C)(C)C. The van der Waals surface area contributed by atoms with Crippen molar-refractivity contribution in [3.05, 3.63) is 60.9 Å². The van der Waals surface area contributed by atoms with Crippen molar-refractivity contribution in [2.75, 3.05) is 47.5 Å². The Morgan fingerprint density at radius 3 is 1.84 bits per heavy atom. The molecule has 3 N–H and O–H groups in total. The Morgan fingerprint density at radius 1 is 0.673 bits per heavy atom. The molecule has 11 heteroatoms. The second-order valence-corrected chi connectivity index (χ2v) is 16.9. The molecule has 0 aliphatic carbocycles. The fourth-order valence-electron chi connectivity index (χ4n) is 5.42. The van der Waals surface area contributed by atoms with Gasteiger partial charge < -0.3 is 29.1 Å². The van der Waals surface area contributed by atoms with Gasteiger partial charge in [0.15, 0.2) is 6.10 Å². The summed E-state index contributed by atoms with van der Waals surface area (Å²) in [5.74, 6) is -0.521. The topological polar surface area (TPSA) is 132 Å². The maximum absolute atomic E-state index is 12.7. The lowest BCUT2D eigenvalue weighted by Crippen LogP contribution is -2.37. The number of aliphatic hydroxyl groups is 2. The minimum Gasteiger partial charge on any atom is -0.498 e. The summed E-state index contributed by atoms with van der Waals surface area (Å²) in [6, 6.07) is 0. The summed E-state index contributed by atoms with van der Waals surface area (Å²) in [5.41, 5.74) is 0. The van der Waals surface area contributed by atoms with Gasteiger partial charge in [-0.15, -0.1) is 0 Å². The molecule has 0 aromatic rings. The lowest BCUT2D eigenvalue weighted by molar-refractivity contribution is -0.870. The fourth-order valence-corrected chi connectivity index (χ4v) is 6.16. The van der Waals surface area contributed by atoms with E-state index in [1.807, 2.05) is 33.3 Å². The number of hydrogen-bond donors (Lipinski definition) is 3. The lowest BCUT2D eigenvalue weighted by Gasteiger charge is -2.24. The molecule has 320 valence electrons. The molecule has 0 aromatic heterocycles. The normalized spacial score (nSPS) is 15.5. The van der Waals surface area contributed by atoms with Gasteiger partial charge in [0.1, 0.15) is 19.8 Å². The number of carbonyl (C=O) groups is 1. The van der Waals surface area contributed by atoms with Gasteiger partial charge in [0, 0.05) is 6.42 Å². The number of aliphatic hydroxyl groups excluding tert-OH is 2. The van der Waals surface area contributed by atoms with Gasteiger partial charge in [-0.05, 0) is 51.0 Å². The van der Waals surface area contributed by atoms with Crippen LogP contribution in [0.15, 0.2) is 60.9 Å². The lowest BCUT2D eigenvalue weighted by atomic mass is 10.0. The summed E-state index contributed by atoms with van der Waals surface area (Å²) in [7, 11) is 1.47. The summed E-state index contributed by atoms with van der Waals surface area (Å²) < 4.78 is 34.5. The van der Waals surface area contributed by atoms with Gasteiger partial charge in [0.05, 0.1) is 46.2 Å². The predicted octanol–water partition coefficient (Wildman–Crippen LogP) is 10.4. The van der Waals surface area contributed by atoms with E-state index in [0.717, 1.165) is 19.3 Å². The van der Waals surface area contributed by atoms with Crippen LogP contribution in [0.25, 0.3) is 0 Å². The molecule has 0 spiro atoms. The highest BCUT2D eigenvalue weighted by Gasteiger charge is 2.26. The number of likely N-dealkylation sites (N-methyl/N-ethyl adjacent to an activating group) is 1. The van der Waals surface area contributed by atoms with E-state index in [2.05, 4.69) is 19.9 Å². The first-order chi connectivity index (χ1) is 26.4. The van der Waals surface area contributed by atoms with E-state index in [1.54, 1.807) is 42.7 Å². The van der Waals surface area contributed by atoms with E-state index in [0.29, 0.717) is 30.3 Å². The summed E-state index contributed by atoms with van der Waals surface area (Å²) in [4.78, 5) is 22.8. The molecule has 0 heterocycles. The molecule has 0 saturated carbocycles. The number of ether oxygens (including phenoxy) is 2. The number of allylic oxidation sites excluding steroid dienone is 6. The summed E-state index contributed by atoms with van der Waals surface area (Å²) in [6.07, 6.45) is 38.3. The molecule has 0 aliphatic rings. The predicted molar refractivity (Wildman–Crippen MR) is 226 cm³/mol. The Morgan fingerprint density at radius 2 is 1.22 bits per heavy atom. The molecule has 1 unspecified atom stereocenters. The summed E-state index contributed by atoms with van der Waals surface area (Å²) >= 11 is 0. The van der Waals surface area contributed by atoms with Crippen molar-refractivity contribution in [2.24, 2.45) is 0 Å². The van der Waals surface area contributed by atoms with Crippen LogP contribution < -0.4 is 0 Å². The first kappa shape index (κ1) is 53.0. The van der Waals surface area contributed by atoms with Crippen LogP contribution >= 0.6 is 7.82 Å². The van der Waals surface area contributed by atoms with Crippen molar-refractivity contribution < 1.29 is 47.5 Å². The Balaban J connectivity index is 4.61. The quantitative estimate of drug-likeness (QED) is 0.0106. The number of unbranched alkanes of at least 4 members (excludes halogenated alkanes) is 15.